The number of ether oxygens (including phenoxy) is 1. The first kappa shape index (κ1) is 29.7. The number of hydrogen-bond acceptors (Lipinski definition) is 7. The molecule has 0 aromatic heterocycles. The van der Waals surface area contributed by atoms with Gasteiger partial charge in [-0.2, -0.15) is 0 Å². The molecule has 1 rings (SSSR count). The van der Waals surface area contributed by atoms with Crippen molar-refractivity contribution in [2.24, 2.45) is 5.73 Å². The van der Waals surface area contributed by atoms with Crippen molar-refractivity contribution in [3.05, 3.63) is 29.8 Å². The first-order chi connectivity index (χ1) is 16.3. The van der Waals surface area contributed by atoms with Gasteiger partial charge in [-0.3, -0.25) is 14.4 Å². The van der Waals surface area contributed by atoms with Crippen LogP contribution >= 0.6 is 0 Å². The highest BCUT2D eigenvalue weighted by molar-refractivity contribution is 5.94. The standard InChI is InChI=1S/C24H38N4O7/c1-6-7-15(2)26-21(32)20(16-8-10-17(30)11-9-16)28(12-13-29)22(33)18(14-19(25)31)27-23(34)35-24(3,4)5/h8-11,15,18,20,29-30H,6-7,12-14H2,1-5H3,(H2,25,31)(H,26,32)(H,27,34). The summed E-state index contributed by atoms with van der Waals surface area (Å²) >= 11 is 0. The highest BCUT2D eigenvalue weighted by Gasteiger charge is 2.37. The maximum atomic E-state index is 13.6. The predicted octanol–water partition coefficient (Wildman–Crippen LogP) is 1.33. The Balaban J connectivity index is 3.41. The summed E-state index contributed by atoms with van der Waals surface area (Å²) in [4.78, 5) is 52.0. The maximum Gasteiger partial charge on any atom is 0.408 e. The summed E-state index contributed by atoms with van der Waals surface area (Å²) in [6, 6.07) is 2.84. The highest BCUT2D eigenvalue weighted by Crippen LogP contribution is 2.25. The summed E-state index contributed by atoms with van der Waals surface area (Å²) in [5, 5.41) is 24.6. The fourth-order valence-electron chi connectivity index (χ4n) is 3.48. The van der Waals surface area contributed by atoms with Gasteiger partial charge in [-0.15, -0.1) is 0 Å². The van der Waals surface area contributed by atoms with E-state index in [-0.39, 0.29) is 18.3 Å². The molecule has 0 heterocycles. The number of nitrogens with two attached hydrogens (primary N) is 1. The van der Waals surface area contributed by atoms with Crippen LogP contribution in [-0.4, -0.2) is 69.8 Å². The predicted molar refractivity (Wildman–Crippen MR) is 129 cm³/mol. The summed E-state index contributed by atoms with van der Waals surface area (Å²) < 4.78 is 5.20. The van der Waals surface area contributed by atoms with Crippen LogP contribution in [0.2, 0.25) is 0 Å². The minimum atomic E-state index is -1.44. The molecule has 4 amide bonds. The average Bonchev–Trinajstić information content (AvgIpc) is 2.72. The van der Waals surface area contributed by atoms with E-state index in [2.05, 4.69) is 10.6 Å². The SMILES string of the molecule is CCCC(C)NC(=O)C(c1ccc(O)cc1)N(CCO)C(=O)C(CC(N)=O)NC(=O)OC(C)(C)C. The van der Waals surface area contributed by atoms with Crippen molar-refractivity contribution in [1.29, 1.82) is 0 Å². The number of alkyl carbamates (subject to hydrolysis) is 1. The van der Waals surface area contributed by atoms with E-state index in [0.717, 1.165) is 11.3 Å². The van der Waals surface area contributed by atoms with E-state index in [1.807, 2.05) is 13.8 Å². The Labute approximate surface area is 206 Å². The third-order valence-electron chi connectivity index (χ3n) is 4.90. The van der Waals surface area contributed by atoms with E-state index in [1.54, 1.807) is 20.8 Å². The van der Waals surface area contributed by atoms with Crippen LogP contribution in [0.4, 0.5) is 4.79 Å². The number of carbonyl (C=O) groups is 4. The van der Waals surface area contributed by atoms with Gasteiger partial charge >= 0.3 is 6.09 Å². The lowest BCUT2D eigenvalue weighted by Gasteiger charge is -2.34. The highest BCUT2D eigenvalue weighted by atomic mass is 16.6. The molecule has 0 fully saturated rings. The number of phenols is 1. The Morgan fingerprint density at radius 1 is 1.11 bits per heavy atom. The van der Waals surface area contributed by atoms with Gasteiger partial charge in [0.2, 0.25) is 17.7 Å². The molecule has 0 spiro atoms. The Morgan fingerprint density at radius 2 is 1.71 bits per heavy atom. The molecule has 0 aliphatic rings. The third kappa shape index (κ3) is 10.2. The van der Waals surface area contributed by atoms with E-state index in [9.17, 15) is 29.4 Å². The number of carbonyl (C=O) groups excluding carboxylic acids is 4. The Hall–Kier alpha value is -3.34. The van der Waals surface area contributed by atoms with Crippen molar-refractivity contribution in [1.82, 2.24) is 15.5 Å². The smallest absolute Gasteiger partial charge is 0.408 e. The summed E-state index contributed by atoms with van der Waals surface area (Å²) in [5.74, 6) is -2.22. The summed E-state index contributed by atoms with van der Waals surface area (Å²) in [6.45, 7) is 7.94. The molecule has 0 aliphatic carbocycles. The van der Waals surface area contributed by atoms with E-state index < -0.39 is 54.5 Å². The number of aliphatic hydroxyl groups excluding tert-OH is 1. The number of rotatable bonds is 12. The van der Waals surface area contributed by atoms with E-state index >= 15 is 0 Å². The van der Waals surface area contributed by atoms with Gasteiger partial charge in [0, 0.05) is 12.6 Å². The number of aliphatic hydroxyl groups is 1. The number of nitrogens with zero attached hydrogens (tertiary/aromatic N) is 1. The summed E-state index contributed by atoms with van der Waals surface area (Å²) in [6.07, 6.45) is 0.0385. The molecular formula is C24H38N4O7. The number of benzene rings is 1. The molecule has 35 heavy (non-hydrogen) atoms. The van der Waals surface area contributed by atoms with Crippen LogP contribution in [0.25, 0.3) is 0 Å². The second-order valence-corrected chi connectivity index (χ2v) is 9.32. The minimum Gasteiger partial charge on any atom is -0.508 e. The van der Waals surface area contributed by atoms with Crippen LogP contribution in [0.15, 0.2) is 24.3 Å². The molecule has 1 aromatic rings. The van der Waals surface area contributed by atoms with Gasteiger partial charge in [-0.1, -0.05) is 25.5 Å². The molecule has 11 nitrogen and oxygen atoms in total. The summed E-state index contributed by atoms with van der Waals surface area (Å²) in [5.41, 5.74) is 4.81. The fraction of sp³-hybridized carbons (Fsp3) is 0.583. The van der Waals surface area contributed by atoms with Crippen molar-refractivity contribution in [3.63, 3.8) is 0 Å². The number of aromatic hydroxyl groups is 1. The normalized spacial score (nSPS) is 13.8. The van der Waals surface area contributed by atoms with E-state index in [0.29, 0.717) is 12.0 Å². The van der Waals surface area contributed by atoms with Crippen LogP contribution in [0.3, 0.4) is 0 Å². The van der Waals surface area contributed by atoms with Gasteiger partial charge < -0.3 is 36.2 Å². The Bertz CT molecular complexity index is 868. The third-order valence-corrected chi connectivity index (χ3v) is 4.90. The van der Waals surface area contributed by atoms with Crippen molar-refractivity contribution in [2.75, 3.05) is 13.2 Å². The largest absolute Gasteiger partial charge is 0.508 e. The molecular weight excluding hydrogens is 456 g/mol. The number of nitrogens with one attached hydrogen (secondary N) is 2. The van der Waals surface area contributed by atoms with Crippen LogP contribution in [0.1, 0.15) is 65.5 Å². The van der Waals surface area contributed by atoms with Gasteiger partial charge in [-0.25, -0.2) is 4.79 Å². The second kappa shape index (κ2) is 13.5. The average molecular weight is 495 g/mol. The van der Waals surface area contributed by atoms with Crippen molar-refractivity contribution in [2.45, 2.75) is 77.6 Å². The lowest BCUT2D eigenvalue weighted by atomic mass is 10.0. The van der Waals surface area contributed by atoms with Crippen LogP contribution in [-0.2, 0) is 19.1 Å². The molecule has 196 valence electrons. The molecule has 0 saturated heterocycles. The van der Waals surface area contributed by atoms with E-state index in [4.69, 9.17) is 10.5 Å². The molecule has 0 radical (unpaired) electrons. The zero-order chi connectivity index (χ0) is 26.8. The maximum absolute atomic E-state index is 13.6. The lowest BCUT2D eigenvalue weighted by molar-refractivity contribution is -0.144. The number of hydrogen-bond donors (Lipinski definition) is 5. The second-order valence-electron chi connectivity index (χ2n) is 9.32. The molecule has 0 aliphatic heterocycles. The lowest BCUT2D eigenvalue weighted by Crippen LogP contribution is -2.55. The zero-order valence-corrected chi connectivity index (χ0v) is 21.0. The van der Waals surface area contributed by atoms with Crippen LogP contribution in [0.5, 0.6) is 5.75 Å². The Morgan fingerprint density at radius 3 is 2.20 bits per heavy atom. The van der Waals surface area contributed by atoms with Crippen molar-refractivity contribution in [3.8, 4) is 5.75 Å². The monoisotopic (exact) mass is 494 g/mol. The molecule has 6 N–H and O–H groups in total. The number of primary amides is 1. The van der Waals surface area contributed by atoms with Crippen molar-refractivity contribution >= 4 is 23.8 Å². The van der Waals surface area contributed by atoms with Gasteiger partial charge in [0.05, 0.1) is 13.0 Å². The fourth-order valence-corrected chi connectivity index (χ4v) is 3.48. The van der Waals surface area contributed by atoms with Crippen molar-refractivity contribution < 1.29 is 34.1 Å². The first-order valence-corrected chi connectivity index (χ1v) is 11.6. The molecule has 0 bridgehead atoms. The van der Waals surface area contributed by atoms with Gasteiger partial charge in [0.15, 0.2) is 0 Å². The number of phenolic OH excluding ortho intramolecular Hbond substituents is 1. The molecule has 3 unspecified atom stereocenters. The minimum absolute atomic E-state index is 0.0366. The molecule has 0 saturated carbocycles. The quantitative estimate of drug-likeness (QED) is 0.292. The zero-order valence-electron chi connectivity index (χ0n) is 21.0. The van der Waals surface area contributed by atoms with E-state index in [1.165, 1.54) is 24.3 Å². The molecule has 1 aromatic carbocycles. The topological polar surface area (TPSA) is 171 Å². The van der Waals surface area contributed by atoms with Gasteiger partial charge in [0.1, 0.15) is 23.4 Å². The van der Waals surface area contributed by atoms with Crippen LogP contribution < -0.4 is 16.4 Å². The Kier molecular flexibility index (Phi) is 11.5. The van der Waals surface area contributed by atoms with Crippen LogP contribution in [0, 0.1) is 0 Å². The van der Waals surface area contributed by atoms with Gasteiger partial charge in [0.25, 0.3) is 0 Å². The molecule has 11 heteroatoms. The molecule has 3 atom stereocenters. The number of amides is 4. The first-order valence-electron chi connectivity index (χ1n) is 11.6. The van der Waals surface area contributed by atoms with Gasteiger partial charge in [-0.05, 0) is 51.8 Å². The summed E-state index contributed by atoms with van der Waals surface area (Å²) in [7, 11) is 0.